The first kappa shape index (κ1) is 18.8. The molecule has 0 atom stereocenters. The molecule has 4 nitrogen and oxygen atoms in total. The minimum atomic E-state index is -0.210. The molecule has 134 valence electrons. The van der Waals surface area contributed by atoms with E-state index in [4.69, 9.17) is 33.3 Å². The van der Waals surface area contributed by atoms with Crippen molar-refractivity contribution in [2.24, 2.45) is 0 Å². The molecule has 0 saturated carbocycles. The number of carbonyl (C=O) groups excluding carboxylic acids is 1. The zero-order chi connectivity index (χ0) is 18.5. The summed E-state index contributed by atoms with van der Waals surface area (Å²) < 4.78 is 12.0. The fourth-order valence-corrected chi connectivity index (χ4v) is 3.69. The molecule has 1 fully saturated rings. The fraction of sp³-hybridized carbons (Fsp3) is 0.158. The van der Waals surface area contributed by atoms with Crippen LogP contribution in [0.1, 0.15) is 18.1 Å². The highest BCUT2D eigenvalue weighted by atomic mass is 35.5. The lowest BCUT2D eigenvalue weighted by Gasteiger charge is -2.14. The van der Waals surface area contributed by atoms with Gasteiger partial charge in [0.25, 0.3) is 5.91 Å². The van der Waals surface area contributed by atoms with Gasteiger partial charge in [-0.05, 0) is 36.3 Å². The quantitative estimate of drug-likeness (QED) is 0.552. The third-order valence-electron chi connectivity index (χ3n) is 3.50. The van der Waals surface area contributed by atoms with Gasteiger partial charge in [0.15, 0.2) is 11.5 Å². The normalized spacial score (nSPS) is 15.2. The molecule has 1 heterocycles. The van der Waals surface area contributed by atoms with Crippen LogP contribution in [0.15, 0.2) is 47.4 Å². The Morgan fingerprint density at radius 2 is 2.00 bits per heavy atom. The molecule has 0 radical (unpaired) electrons. The number of carbonyl (C=O) groups is 1. The molecular formula is C19H16ClNO3S2. The number of amides is 1. The zero-order valence-corrected chi connectivity index (χ0v) is 16.3. The Morgan fingerprint density at radius 1 is 1.23 bits per heavy atom. The van der Waals surface area contributed by atoms with Crippen LogP contribution < -0.4 is 14.8 Å². The third kappa shape index (κ3) is 4.58. The Kier molecular flexibility index (Phi) is 6.19. The Hall–Kier alpha value is -2.02. The van der Waals surface area contributed by atoms with Gasteiger partial charge in [-0.2, -0.15) is 0 Å². The molecule has 1 aliphatic rings. The van der Waals surface area contributed by atoms with Gasteiger partial charge >= 0.3 is 0 Å². The SMILES string of the molecule is CCOc1cc(/C=C2\SC(=S)NC2=O)cc(Cl)c1OCc1ccccc1. The van der Waals surface area contributed by atoms with E-state index in [2.05, 4.69) is 5.32 Å². The first-order valence-electron chi connectivity index (χ1n) is 7.94. The minimum Gasteiger partial charge on any atom is -0.490 e. The summed E-state index contributed by atoms with van der Waals surface area (Å²) in [6.07, 6.45) is 1.73. The van der Waals surface area contributed by atoms with Crippen LogP contribution in [0, 0.1) is 0 Å². The number of halogens is 1. The van der Waals surface area contributed by atoms with Crippen LogP contribution in [0.3, 0.4) is 0 Å². The van der Waals surface area contributed by atoms with Crippen molar-refractivity contribution in [1.82, 2.24) is 5.32 Å². The van der Waals surface area contributed by atoms with Crippen LogP contribution >= 0.6 is 35.6 Å². The summed E-state index contributed by atoms with van der Waals surface area (Å²) in [5, 5.41) is 3.01. The molecule has 1 amide bonds. The van der Waals surface area contributed by atoms with Gasteiger partial charge in [-0.3, -0.25) is 4.79 Å². The van der Waals surface area contributed by atoms with Crippen molar-refractivity contribution in [3.8, 4) is 11.5 Å². The lowest BCUT2D eigenvalue weighted by atomic mass is 10.1. The number of hydrogen-bond acceptors (Lipinski definition) is 5. The molecule has 3 rings (SSSR count). The second-order valence-electron chi connectivity index (χ2n) is 5.39. The topological polar surface area (TPSA) is 47.6 Å². The van der Waals surface area contributed by atoms with E-state index in [1.54, 1.807) is 18.2 Å². The van der Waals surface area contributed by atoms with Crippen molar-refractivity contribution in [3.63, 3.8) is 0 Å². The molecular weight excluding hydrogens is 390 g/mol. The van der Waals surface area contributed by atoms with Crippen molar-refractivity contribution in [3.05, 3.63) is 63.5 Å². The molecule has 1 saturated heterocycles. The molecule has 0 spiro atoms. The Balaban J connectivity index is 1.87. The van der Waals surface area contributed by atoms with Crippen molar-refractivity contribution >= 4 is 51.9 Å². The maximum Gasteiger partial charge on any atom is 0.263 e. The fourth-order valence-electron chi connectivity index (χ4n) is 2.38. The van der Waals surface area contributed by atoms with E-state index in [-0.39, 0.29) is 5.91 Å². The number of thioether (sulfide) groups is 1. The van der Waals surface area contributed by atoms with Crippen LogP contribution in [0.2, 0.25) is 5.02 Å². The summed E-state index contributed by atoms with van der Waals surface area (Å²) in [5.41, 5.74) is 1.78. The molecule has 1 aliphatic heterocycles. The highest BCUT2D eigenvalue weighted by Crippen LogP contribution is 2.38. The number of benzene rings is 2. The largest absolute Gasteiger partial charge is 0.490 e. The van der Waals surface area contributed by atoms with Gasteiger partial charge in [-0.15, -0.1) is 0 Å². The zero-order valence-electron chi connectivity index (χ0n) is 14.0. The van der Waals surface area contributed by atoms with Crippen molar-refractivity contribution in [2.45, 2.75) is 13.5 Å². The van der Waals surface area contributed by atoms with Gasteiger partial charge in [-0.25, -0.2) is 0 Å². The van der Waals surface area contributed by atoms with Gasteiger partial charge in [0.05, 0.1) is 16.5 Å². The van der Waals surface area contributed by atoms with Crippen LogP contribution in [-0.2, 0) is 11.4 Å². The van der Waals surface area contributed by atoms with Crippen LogP contribution in [-0.4, -0.2) is 16.8 Å². The summed E-state index contributed by atoms with van der Waals surface area (Å²) in [4.78, 5) is 12.4. The number of nitrogens with one attached hydrogen (secondary N) is 1. The van der Waals surface area contributed by atoms with Gasteiger partial charge < -0.3 is 14.8 Å². The number of hydrogen-bond donors (Lipinski definition) is 1. The second kappa shape index (κ2) is 8.58. The van der Waals surface area contributed by atoms with E-state index in [0.717, 1.165) is 11.1 Å². The number of rotatable bonds is 6. The van der Waals surface area contributed by atoms with Crippen LogP contribution in [0.5, 0.6) is 11.5 Å². The van der Waals surface area contributed by atoms with Crippen LogP contribution in [0.25, 0.3) is 6.08 Å². The first-order valence-corrected chi connectivity index (χ1v) is 9.55. The standard InChI is InChI=1S/C19H16ClNO3S2/c1-2-23-15-9-13(10-16-18(22)21-19(25)26-16)8-14(20)17(15)24-11-12-6-4-3-5-7-12/h3-10H,2,11H2,1H3,(H,21,22,25)/b16-10-. The summed E-state index contributed by atoms with van der Waals surface area (Å²) >= 11 is 12.6. The van der Waals surface area contributed by atoms with Gasteiger partial charge in [-0.1, -0.05) is 65.9 Å². The molecule has 0 aromatic heterocycles. The monoisotopic (exact) mass is 405 g/mol. The third-order valence-corrected chi connectivity index (χ3v) is 4.94. The van der Waals surface area contributed by atoms with E-state index in [0.29, 0.717) is 39.0 Å². The molecule has 2 aromatic rings. The number of thiocarbonyl (C=S) groups is 1. The Bertz CT molecular complexity index is 869. The molecule has 26 heavy (non-hydrogen) atoms. The van der Waals surface area contributed by atoms with E-state index in [1.165, 1.54) is 11.8 Å². The van der Waals surface area contributed by atoms with E-state index >= 15 is 0 Å². The van der Waals surface area contributed by atoms with Crippen molar-refractivity contribution < 1.29 is 14.3 Å². The molecule has 7 heteroatoms. The first-order chi connectivity index (χ1) is 12.6. The van der Waals surface area contributed by atoms with E-state index in [1.807, 2.05) is 37.3 Å². The van der Waals surface area contributed by atoms with E-state index < -0.39 is 0 Å². The van der Waals surface area contributed by atoms with E-state index in [9.17, 15) is 4.79 Å². The van der Waals surface area contributed by atoms with Crippen molar-refractivity contribution in [1.29, 1.82) is 0 Å². The Labute approximate surface area is 166 Å². The lowest BCUT2D eigenvalue weighted by Crippen LogP contribution is -2.17. The lowest BCUT2D eigenvalue weighted by molar-refractivity contribution is -0.115. The Morgan fingerprint density at radius 3 is 2.65 bits per heavy atom. The molecule has 0 aliphatic carbocycles. The average molecular weight is 406 g/mol. The average Bonchev–Trinajstić information content (AvgIpc) is 2.92. The summed E-state index contributed by atoms with van der Waals surface area (Å²) in [7, 11) is 0. The van der Waals surface area contributed by atoms with Gasteiger partial charge in [0, 0.05) is 0 Å². The molecule has 1 N–H and O–H groups in total. The summed E-state index contributed by atoms with van der Waals surface area (Å²) in [6.45, 7) is 2.74. The van der Waals surface area contributed by atoms with Crippen LogP contribution in [0.4, 0.5) is 0 Å². The summed E-state index contributed by atoms with van der Waals surface area (Å²) in [5.74, 6) is 0.811. The maximum absolute atomic E-state index is 11.8. The second-order valence-corrected chi connectivity index (χ2v) is 7.52. The predicted molar refractivity (Wildman–Crippen MR) is 110 cm³/mol. The smallest absolute Gasteiger partial charge is 0.263 e. The predicted octanol–water partition coefficient (Wildman–Crippen LogP) is 4.81. The summed E-state index contributed by atoms with van der Waals surface area (Å²) in [6, 6.07) is 13.4. The highest BCUT2D eigenvalue weighted by molar-refractivity contribution is 8.26. The molecule has 2 aromatic carbocycles. The number of ether oxygens (including phenoxy) is 2. The highest BCUT2D eigenvalue weighted by Gasteiger charge is 2.22. The van der Waals surface area contributed by atoms with Gasteiger partial charge in [0.1, 0.15) is 10.9 Å². The van der Waals surface area contributed by atoms with Crippen molar-refractivity contribution in [2.75, 3.05) is 6.61 Å². The molecule has 0 unspecified atom stereocenters. The maximum atomic E-state index is 11.8. The molecule has 0 bridgehead atoms. The van der Waals surface area contributed by atoms with Gasteiger partial charge in [0.2, 0.25) is 0 Å². The minimum absolute atomic E-state index is 0.210.